The highest BCUT2D eigenvalue weighted by Crippen LogP contribution is 2.14. The average Bonchev–Trinajstić information content (AvgIpc) is 2.31. The summed E-state index contributed by atoms with van der Waals surface area (Å²) in [6.45, 7) is 5.65. The molecule has 1 aromatic carbocycles. The van der Waals surface area contributed by atoms with Gasteiger partial charge in [0.1, 0.15) is 5.82 Å². The minimum atomic E-state index is -0.455. The summed E-state index contributed by atoms with van der Waals surface area (Å²) in [6, 6.07) is 4.79. The molecule has 0 aliphatic rings. The number of nitrogens with one attached hydrogen (secondary N) is 1. The van der Waals surface area contributed by atoms with E-state index in [1.54, 1.807) is 19.1 Å². The van der Waals surface area contributed by atoms with Crippen molar-refractivity contribution in [2.75, 3.05) is 5.88 Å². The number of benzene rings is 1. The van der Waals surface area contributed by atoms with E-state index in [0.717, 1.165) is 0 Å². The van der Waals surface area contributed by atoms with Crippen LogP contribution in [0.4, 0.5) is 4.39 Å². The maximum Gasteiger partial charge on any atom is 0.254 e. The predicted molar refractivity (Wildman–Crippen MR) is 72.6 cm³/mol. The highest BCUT2D eigenvalue weighted by molar-refractivity contribution is 6.17. The van der Waals surface area contributed by atoms with E-state index in [9.17, 15) is 9.18 Å². The number of rotatable bonds is 5. The first kappa shape index (κ1) is 15.0. The Hall–Kier alpha value is -1.09. The molecule has 1 rings (SSSR count). The maximum absolute atomic E-state index is 13.8. The van der Waals surface area contributed by atoms with Crippen molar-refractivity contribution in [2.24, 2.45) is 5.92 Å². The van der Waals surface area contributed by atoms with E-state index in [-0.39, 0.29) is 23.4 Å². The Kier molecular flexibility index (Phi) is 5.60. The van der Waals surface area contributed by atoms with Gasteiger partial charge in [-0.15, -0.1) is 11.6 Å². The molecule has 1 atom stereocenters. The second kappa shape index (κ2) is 6.74. The number of hydrogen-bond acceptors (Lipinski definition) is 1. The smallest absolute Gasteiger partial charge is 0.254 e. The van der Waals surface area contributed by atoms with Crippen LogP contribution >= 0.6 is 11.6 Å². The third-order valence-corrected chi connectivity index (χ3v) is 3.20. The van der Waals surface area contributed by atoms with Gasteiger partial charge >= 0.3 is 0 Å². The minimum Gasteiger partial charge on any atom is -0.349 e. The summed E-state index contributed by atoms with van der Waals surface area (Å²) in [5.41, 5.74) is 0.566. The molecule has 1 aromatic rings. The van der Waals surface area contributed by atoms with Crippen LogP contribution < -0.4 is 5.32 Å². The molecule has 2 nitrogen and oxygen atoms in total. The number of aryl methyl sites for hydroxylation is 1. The third-order valence-electron chi connectivity index (χ3n) is 2.98. The molecule has 0 spiro atoms. The molecular weight excluding hydrogens is 253 g/mol. The summed E-state index contributed by atoms with van der Waals surface area (Å²) in [5.74, 6) is -0.0941. The molecule has 0 saturated heterocycles. The van der Waals surface area contributed by atoms with Gasteiger partial charge in [0.2, 0.25) is 0 Å². The van der Waals surface area contributed by atoms with Gasteiger partial charge in [-0.05, 0) is 30.9 Å². The van der Waals surface area contributed by atoms with Crippen molar-refractivity contribution >= 4 is 17.5 Å². The highest BCUT2D eigenvalue weighted by Gasteiger charge is 2.19. The first-order valence-corrected chi connectivity index (χ1v) is 6.62. The van der Waals surface area contributed by atoms with Crippen LogP contribution in [0.2, 0.25) is 0 Å². The Morgan fingerprint density at radius 1 is 1.44 bits per heavy atom. The third kappa shape index (κ3) is 3.70. The predicted octanol–water partition coefficient (Wildman–Crippen LogP) is 3.52. The number of carbonyl (C=O) groups excluding carboxylic acids is 1. The zero-order valence-corrected chi connectivity index (χ0v) is 11.7. The van der Waals surface area contributed by atoms with Crippen molar-refractivity contribution in [3.63, 3.8) is 0 Å². The maximum atomic E-state index is 13.8. The van der Waals surface area contributed by atoms with Gasteiger partial charge in [0.05, 0.1) is 5.56 Å². The van der Waals surface area contributed by atoms with Crippen molar-refractivity contribution in [2.45, 2.75) is 33.2 Å². The number of halogens is 2. The molecule has 100 valence electrons. The quantitative estimate of drug-likeness (QED) is 0.816. The van der Waals surface area contributed by atoms with Crippen molar-refractivity contribution in [1.29, 1.82) is 0 Å². The highest BCUT2D eigenvalue weighted by atomic mass is 35.5. The average molecular weight is 272 g/mol. The first-order chi connectivity index (χ1) is 8.47. The fourth-order valence-electron chi connectivity index (χ4n) is 1.76. The van der Waals surface area contributed by atoms with Crippen LogP contribution in [0, 0.1) is 18.7 Å². The Balaban J connectivity index is 2.84. The molecule has 4 heteroatoms. The molecule has 0 bridgehead atoms. The van der Waals surface area contributed by atoms with Crippen LogP contribution in [0.3, 0.4) is 0 Å². The summed E-state index contributed by atoms with van der Waals surface area (Å²) in [5, 5.41) is 2.84. The lowest BCUT2D eigenvalue weighted by Crippen LogP contribution is -2.39. The number of hydrogen-bond donors (Lipinski definition) is 1. The van der Waals surface area contributed by atoms with Crippen LogP contribution in [0.5, 0.6) is 0 Å². The van der Waals surface area contributed by atoms with E-state index in [0.29, 0.717) is 17.9 Å². The summed E-state index contributed by atoms with van der Waals surface area (Å²) in [7, 11) is 0. The summed E-state index contributed by atoms with van der Waals surface area (Å²) in [6.07, 6.45) is 0.679. The largest absolute Gasteiger partial charge is 0.349 e. The number of amides is 1. The molecular formula is C14H19ClFNO. The van der Waals surface area contributed by atoms with Crippen LogP contribution in [-0.2, 0) is 0 Å². The summed E-state index contributed by atoms with van der Waals surface area (Å²) >= 11 is 5.70. The van der Waals surface area contributed by atoms with E-state index >= 15 is 0 Å². The van der Waals surface area contributed by atoms with E-state index in [1.165, 1.54) is 6.07 Å². The van der Waals surface area contributed by atoms with Crippen LogP contribution in [0.25, 0.3) is 0 Å². The normalized spacial score (nSPS) is 12.6. The molecule has 0 fully saturated rings. The molecule has 0 aromatic heterocycles. The molecule has 1 amide bonds. The van der Waals surface area contributed by atoms with Gasteiger partial charge in [-0.3, -0.25) is 4.79 Å². The molecule has 0 radical (unpaired) electrons. The molecule has 0 aliphatic heterocycles. The van der Waals surface area contributed by atoms with Gasteiger partial charge in [0, 0.05) is 11.9 Å². The fraction of sp³-hybridized carbons (Fsp3) is 0.500. The van der Waals surface area contributed by atoms with E-state index in [4.69, 9.17) is 11.6 Å². The van der Waals surface area contributed by atoms with Gasteiger partial charge in [0.15, 0.2) is 0 Å². The zero-order chi connectivity index (χ0) is 13.7. The van der Waals surface area contributed by atoms with Crippen molar-refractivity contribution < 1.29 is 9.18 Å². The SMILES string of the molecule is Cc1cccc(C(=O)NC(CCCl)C(C)C)c1F. The van der Waals surface area contributed by atoms with E-state index in [1.807, 2.05) is 13.8 Å². The Labute approximate surface area is 113 Å². The van der Waals surface area contributed by atoms with Crippen molar-refractivity contribution in [3.05, 3.63) is 35.1 Å². The first-order valence-electron chi connectivity index (χ1n) is 6.09. The van der Waals surface area contributed by atoms with Crippen LogP contribution in [0.1, 0.15) is 36.2 Å². The zero-order valence-electron chi connectivity index (χ0n) is 11.0. The summed E-state index contributed by atoms with van der Waals surface area (Å²) in [4.78, 5) is 12.0. The summed E-state index contributed by atoms with van der Waals surface area (Å²) < 4.78 is 13.8. The Bertz CT molecular complexity index is 420. The van der Waals surface area contributed by atoms with Gasteiger partial charge in [-0.25, -0.2) is 4.39 Å². The fourth-order valence-corrected chi connectivity index (χ4v) is 1.99. The second-order valence-electron chi connectivity index (χ2n) is 4.74. The Morgan fingerprint density at radius 2 is 2.11 bits per heavy atom. The molecule has 0 aliphatic carbocycles. The lowest BCUT2D eigenvalue weighted by atomic mass is 10.0. The lowest BCUT2D eigenvalue weighted by molar-refractivity contribution is 0.0920. The number of carbonyl (C=O) groups is 1. The van der Waals surface area contributed by atoms with Crippen molar-refractivity contribution in [3.8, 4) is 0 Å². The van der Waals surface area contributed by atoms with E-state index < -0.39 is 5.82 Å². The number of alkyl halides is 1. The van der Waals surface area contributed by atoms with Gasteiger partial charge in [-0.1, -0.05) is 26.0 Å². The molecule has 0 saturated carbocycles. The van der Waals surface area contributed by atoms with Gasteiger partial charge in [-0.2, -0.15) is 0 Å². The van der Waals surface area contributed by atoms with Crippen LogP contribution in [0.15, 0.2) is 18.2 Å². The monoisotopic (exact) mass is 271 g/mol. The minimum absolute atomic E-state index is 0.0325. The molecule has 1 unspecified atom stereocenters. The standard InChI is InChI=1S/C14H19ClFNO/c1-9(2)12(7-8-15)17-14(18)11-6-4-5-10(3)13(11)16/h4-6,9,12H,7-8H2,1-3H3,(H,17,18). The van der Waals surface area contributed by atoms with Crippen LogP contribution in [-0.4, -0.2) is 17.8 Å². The van der Waals surface area contributed by atoms with Gasteiger partial charge in [0.25, 0.3) is 5.91 Å². The Morgan fingerprint density at radius 3 is 2.67 bits per heavy atom. The molecule has 18 heavy (non-hydrogen) atoms. The topological polar surface area (TPSA) is 29.1 Å². The lowest BCUT2D eigenvalue weighted by Gasteiger charge is -2.21. The molecule has 0 heterocycles. The van der Waals surface area contributed by atoms with Gasteiger partial charge < -0.3 is 5.32 Å². The second-order valence-corrected chi connectivity index (χ2v) is 5.12. The van der Waals surface area contributed by atoms with E-state index in [2.05, 4.69) is 5.32 Å². The van der Waals surface area contributed by atoms with Crippen molar-refractivity contribution in [1.82, 2.24) is 5.32 Å². The molecule has 1 N–H and O–H groups in total.